The van der Waals surface area contributed by atoms with E-state index in [4.69, 9.17) is 26.2 Å². The van der Waals surface area contributed by atoms with Gasteiger partial charge in [-0.1, -0.05) is 11.6 Å². The summed E-state index contributed by atoms with van der Waals surface area (Å²) in [6.45, 7) is -0.693. The van der Waals surface area contributed by atoms with Crippen molar-refractivity contribution < 1.29 is 40.2 Å². The predicted molar refractivity (Wildman–Crippen MR) is 125 cm³/mol. The van der Waals surface area contributed by atoms with Gasteiger partial charge < -0.3 is 14.6 Å². The molecule has 192 valence electrons. The highest BCUT2D eigenvalue weighted by Gasteiger charge is 2.61. The third-order valence-corrected chi connectivity index (χ3v) is 11.3. The second kappa shape index (κ2) is 9.93. The van der Waals surface area contributed by atoms with Crippen LogP contribution in [0.2, 0.25) is 5.02 Å². The van der Waals surface area contributed by atoms with Crippen molar-refractivity contribution in [2.24, 2.45) is 5.92 Å². The molecule has 0 saturated carbocycles. The van der Waals surface area contributed by atoms with E-state index >= 15 is 4.39 Å². The van der Waals surface area contributed by atoms with Gasteiger partial charge >= 0.3 is 0 Å². The molecule has 2 aromatic rings. The Morgan fingerprint density at radius 1 is 1.03 bits per heavy atom. The monoisotopic (exact) mass is 550 g/mol. The van der Waals surface area contributed by atoms with Gasteiger partial charge in [-0.05, 0) is 55.7 Å². The molecule has 0 aromatic heterocycles. The molecule has 3 atom stereocenters. The van der Waals surface area contributed by atoms with Crippen LogP contribution in [0.3, 0.4) is 0 Å². The summed E-state index contributed by atoms with van der Waals surface area (Å²) in [7, 11) is -7.91. The lowest BCUT2D eigenvalue weighted by molar-refractivity contribution is -0.0732. The van der Waals surface area contributed by atoms with Gasteiger partial charge in [0.05, 0.1) is 34.7 Å². The number of aliphatic hydroxyl groups is 1. The number of sulfone groups is 2. The first-order valence-corrected chi connectivity index (χ1v) is 14.8. The van der Waals surface area contributed by atoms with Crippen molar-refractivity contribution >= 4 is 31.3 Å². The molecule has 0 unspecified atom stereocenters. The SMILES string of the molecule is O=S(=O)(CCCO)CC[C@@H]1OCC[C@@]2(S(=O)(=O)c3ccc(Cl)cc3)c3c(F)ccc(F)c3OC[C@@H]12. The summed E-state index contributed by atoms with van der Waals surface area (Å²) in [4.78, 5) is -0.125. The summed E-state index contributed by atoms with van der Waals surface area (Å²) < 4.78 is 92.6. The number of hydrogen-bond donors (Lipinski definition) is 1. The van der Waals surface area contributed by atoms with Gasteiger partial charge in [0.2, 0.25) is 0 Å². The van der Waals surface area contributed by atoms with Crippen molar-refractivity contribution in [3.05, 3.63) is 58.6 Å². The van der Waals surface area contributed by atoms with E-state index in [1.54, 1.807) is 0 Å². The summed E-state index contributed by atoms with van der Waals surface area (Å²) in [5, 5.41) is 9.25. The molecule has 4 rings (SSSR count). The highest BCUT2D eigenvalue weighted by Crippen LogP contribution is 2.55. The first kappa shape index (κ1) is 26.3. The van der Waals surface area contributed by atoms with Gasteiger partial charge in [-0.2, -0.15) is 0 Å². The topological polar surface area (TPSA) is 107 Å². The smallest absolute Gasteiger partial charge is 0.189 e. The highest BCUT2D eigenvalue weighted by atomic mass is 35.5. The van der Waals surface area contributed by atoms with Crippen LogP contribution in [-0.2, 0) is 29.2 Å². The molecular formula is C23H25ClF2O7S2. The summed E-state index contributed by atoms with van der Waals surface area (Å²) in [6, 6.07) is 7.14. The van der Waals surface area contributed by atoms with E-state index in [1.165, 1.54) is 24.3 Å². The lowest BCUT2D eigenvalue weighted by atomic mass is 9.75. The van der Waals surface area contributed by atoms with Gasteiger partial charge in [0.15, 0.2) is 31.2 Å². The molecule has 0 spiro atoms. The van der Waals surface area contributed by atoms with E-state index in [1.807, 2.05) is 0 Å². The zero-order valence-corrected chi connectivity index (χ0v) is 21.0. The molecule has 1 fully saturated rings. The molecule has 2 aliphatic heterocycles. The van der Waals surface area contributed by atoms with Crippen LogP contribution in [-0.4, -0.2) is 59.4 Å². The quantitative estimate of drug-likeness (QED) is 0.537. The molecular weight excluding hydrogens is 526 g/mol. The van der Waals surface area contributed by atoms with Crippen molar-refractivity contribution in [3.8, 4) is 5.75 Å². The molecule has 35 heavy (non-hydrogen) atoms. The number of fused-ring (bicyclic) bond motifs is 3. The molecule has 2 aliphatic rings. The van der Waals surface area contributed by atoms with Crippen LogP contribution >= 0.6 is 11.6 Å². The van der Waals surface area contributed by atoms with Crippen molar-refractivity contribution in [2.45, 2.75) is 35.0 Å². The van der Waals surface area contributed by atoms with Gasteiger partial charge in [0, 0.05) is 24.2 Å². The summed E-state index contributed by atoms with van der Waals surface area (Å²) in [5.74, 6) is -3.83. The van der Waals surface area contributed by atoms with Crippen molar-refractivity contribution in [1.29, 1.82) is 0 Å². The molecule has 1 saturated heterocycles. The Hall–Kier alpha value is -1.79. The molecule has 0 radical (unpaired) electrons. The summed E-state index contributed by atoms with van der Waals surface area (Å²) in [6.07, 6.45) is -1.07. The minimum atomic E-state index is -4.36. The fraction of sp³-hybridized carbons (Fsp3) is 0.478. The second-order valence-electron chi connectivity index (χ2n) is 8.67. The Labute approximate surface area is 207 Å². The van der Waals surface area contributed by atoms with Crippen LogP contribution in [0.1, 0.15) is 24.8 Å². The van der Waals surface area contributed by atoms with E-state index in [2.05, 4.69) is 0 Å². The van der Waals surface area contributed by atoms with Crippen LogP contribution < -0.4 is 4.74 Å². The Balaban J connectivity index is 1.84. The fourth-order valence-electron chi connectivity index (χ4n) is 5.02. The zero-order chi connectivity index (χ0) is 25.4. The largest absolute Gasteiger partial charge is 0.490 e. The van der Waals surface area contributed by atoms with Crippen molar-refractivity contribution in [1.82, 2.24) is 0 Å². The maximum atomic E-state index is 15.3. The van der Waals surface area contributed by atoms with Gasteiger partial charge in [0.25, 0.3) is 0 Å². The van der Waals surface area contributed by atoms with E-state index in [0.717, 1.165) is 12.1 Å². The van der Waals surface area contributed by atoms with E-state index in [-0.39, 0.29) is 55.5 Å². The number of ether oxygens (including phenoxy) is 2. The minimum absolute atomic E-state index is 0.0635. The molecule has 0 aliphatic carbocycles. The fourth-order valence-corrected chi connectivity index (χ4v) is 8.85. The van der Waals surface area contributed by atoms with Gasteiger partial charge in [-0.3, -0.25) is 0 Å². The lowest BCUT2D eigenvalue weighted by Gasteiger charge is -2.50. The second-order valence-corrected chi connectivity index (χ2v) is 13.6. The van der Waals surface area contributed by atoms with Crippen LogP contribution in [0.5, 0.6) is 5.75 Å². The lowest BCUT2D eigenvalue weighted by Crippen LogP contribution is -2.57. The third-order valence-electron chi connectivity index (χ3n) is 6.67. The van der Waals surface area contributed by atoms with Crippen LogP contribution in [0, 0.1) is 17.6 Å². The zero-order valence-electron chi connectivity index (χ0n) is 18.6. The number of aliphatic hydroxyl groups excluding tert-OH is 1. The summed E-state index contributed by atoms with van der Waals surface area (Å²) >= 11 is 5.94. The number of hydrogen-bond acceptors (Lipinski definition) is 7. The molecule has 7 nitrogen and oxygen atoms in total. The van der Waals surface area contributed by atoms with E-state index in [9.17, 15) is 21.2 Å². The normalized spacial score (nSPS) is 24.3. The predicted octanol–water partition coefficient (Wildman–Crippen LogP) is 3.27. The Bertz CT molecular complexity index is 1300. The van der Waals surface area contributed by atoms with Gasteiger partial charge in [-0.15, -0.1) is 0 Å². The first-order valence-electron chi connectivity index (χ1n) is 11.1. The van der Waals surface area contributed by atoms with Crippen LogP contribution in [0.25, 0.3) is 0 Å². The molecule has 2 aromatic carbocycles. The Morgan fingerprint density at radius 2 is 1.71 bits per heavy atom. The third kappa shape index (κ3) is 4.69. The summed E-state index contributed by atoms with van der Waals surface area (Å²) in [5.41, 5.74) is -0.403. The number of benzene rings is 2. The molecule has 2 heterocycles. The highest BCUT2D eigenvalue weighted by molar-refractivity contribution is 7.92. The van der Waals surface area contributed by atoms with Crippen molar-refractivity contribution in [3.63, 3.8) is 0 Å². The number of rotatable bonds is 8. The van der Waals surface area contributed by atoms with Gasteiger partial charge in [-0.25, -0.2) is 25.6 Å². The first-order chi connectivity index (χ1) is 16.5. The average molecular weight is 551 g/mol. The number of halogens is 3. The Morgan fingerprint density at radius 3 is 2.40 bits per heavy atom. The van der Waals surface area contributed by atoms with Crippen molar-refractivity contribution in [2.75, 3.05) is 31.3 Å². The molecule has 0 bridgehead atoms. The van der Waals surface area contributed by atoms with Crippen LogP contribution in [0.15, 0.2) is 41.3 Å². The molecule has 1 N–H and O–H groups in total. The molecule has 0 amide bonds. The standard InChI is InChI=1S/C23H25ClF2O7S2/c24-15-2-4-16(5-3-15)35(30,31)23-9-11-32-20(8-13-34(28,29)12-1-10-27)17(23)14-33-22-19(26)7-6-18(25)21(22)23/h2-7,17,20,27H,1,8-14H2/t17-,20-,23-/m0/s1. The average Bonchev–Trinajstić information content (AvgIpc) is 2.83. The minimum Gasteiger partial charge on any atom is -0.490 e. The molecule has 12 heteroatoms. The Kier molecular flexibility index (Phi) is 7.46. The maximum absolute atomic E-state index is 15.3. The van der Waals surface area contributed by atoms with Gasteiger partial charge in [0.1, 0.15) is 10.6 Å². The van der Waals surface area contributed by atoms with Crippen LogP contribution in [0.4, 0.5) is 8.78 Å². The van der Waals surface area contributed by atoms with E-state index < -0.39 is 59.4 Å². The van der Waals surface area contributed by atoms with E-state index in [0.29, 0.717) is 5.02 Å². The maximum Gasteiger partial charge on any atom is 0.189 e.